The summed E-state index contributed by atoms with van der Waals surface area (Å²) in [6.07, 6.45) is 6.91. The van der Waals surface area contributed by atoms with E-state index in [2.05, 4.69) is 21.4 Å². The number of amides is 1. The zero-order valence-corrected chi connectivity index (χ0v) is 14.5. The van der Waals surface area contributed by atoms with Crippen molar-refractivity contribution >= 4 is 22.3 Å². The molecule has 26 heavy (non-hydrogen) atoms. The predicted octanol–water partition coefficient (Wildman–Crippen LogP) is 1.51. The van der Waals surface area contributed by atoms with Gasteiger partial charge in [0.1, 0.15) is 0 Å². The van der Waals surface area contributed by atoms with E-state index >= 15 is 0 Å². The topological polar surface area (TPSA) is 83.9 Å². The number of aromatic nitrogens is 4. The molecule has 0 atom stereocenters. The molecular weight excluding hydrogens is 330 g/mol. The lowest BCUT2D eigenvalue weighted by molar-refractivity contribution is -0.130. The minimum Gasteiger partial charge on any atom is -0.338 e. The second-order valence-corrected chi connectivity index (χ2v) is 6.46. The van der Waals surface area contributed by atoms with E-state index in [1.165, 1.54) is 0 Å². The molecule has 3 aromatic rings. The van der Waals surface area contributed by atoms with Crippen molar-refractivity contribution in [3.05, 3.63) is 64.3 Å². The average molecular weight is 349 g/mol. The first-order chi connectivity index (χ1) is 12.6. The van der Waals surface area contributed by atoms with E-state index in [1.54, 1.807) is 16.8 Å². The molecule has 3 heterocycles. The van der Waals surface area contributed by atoms with E-state index in [4.69, 9.17) is 0 Å². The highest BCUT2D eigenvalue weighted by atomic mass is 16.2. The number of hydrogen-bond donors (Lipinski definition) is 1. The first kappa shape index (κ1) is 16.3. The second kappa shape index (κ2) is 6.59. The van der Waals surface area contributed by atoms with E-state index in [9.17, 15) is 9.59 Å². The van der Waals surface area contributed by atoms with E-state index in [-0.39, 0.29) is 17.9 Å². The van der Waals surface area contributed by atoms with E-state index < -0.39 is 0 Å². The number of nitrogens with zero attached hydrogens (tertiary/aromatic N) is 4. The molecule has 132 valence electrons. The fraction of sp³-hybridized carbons (Fsp3) is 0.263. The standard InChI is InChI=1S/C19H19N5O2/c1-23-11-14(10-20-23)13-5-4-8-24(12-13)18(25)9-17-15-6-2-3-7-16(15)19(26)22-21-17/h2-3,5-7,10-11H,4,8-9,12H2,1H3,(H,22,26). The molecule has 7 heteroatoms. The van der Waals surface area contributed by atoms with Crippen LogP contribution in [0.1, 0.15) is 17.7 Å². The SMILES string of the molecule is Cn1cc(C2=CCCN(C(=O)Cc3n[nH]c(=O)c4ccccc34)C2)cn1. The van der Waals surface area contributed by atoms with E-state index in [0.29, 0.717) is 24.2 Å². The highest BCUT2D eigenvalue weighted by Crippen LogP contribution is 2.21. The fourth-order valence-electron chi connectivity index (χ4n) is 3.31. The summed E-state index contributed by atoms with van der Waals surface area (Å²) >= 11 is 0. The first-order valence-corrected chi connectivity index (χ1v) is 8.54. The van der Waals surface area contributed by atoms with Gasteiger partial charge < -0.3 is 4.90 Å². The maximum absolute atomic E-state index is 12.8. The molecule has 1 amide bonds. The quantitative estimate of drug-likeness (QED) is 0.777. The smallest absolute Gasteiger partial charge is 0.272 e. The molecular formula is C19H19N5O2. The van der Waals surface area contributed by atoms with E-state index in [1.807, 2.05) is 36.5 Å². The molecule has 2 aromatic heterocycles. The number of benzene rings is 1. The summed E-state index contributed by atoms with van der Waals surface area (Å²) in [4.78, 5) is 26.6. The molecule has 4 rings (SSSR count). The van der Waals surface area contributed by atoms with Gasteiger partial charge in [-0.2, -0.15) is 10.2 Å². The third-order valence-corrected chi connectivity index (χ3v) is 4.67. The van der Waals surface area contributed by atoms with Crippen LogP contribution in [-0.2, 0) is 18.3 Å². The van der Waals surface area contributed by atoms with Gasteiger partial charge >= 0.3 is 0 Å². The zero-order chi connectivity index (χ0) is 18.1. The lowest BCUT2D eigenvalue weighted by Crippen LogP contribution is -2.36. The number of aromatic amines is 1. The fourth-order valence-corrected chi connectivity index (χ4v) is 3.31. The van der Waals surface area contributed by atoms with Crippen LogP contribution in [-0.4, -0.2) is 43.9 Å². The molecule has 0 saturated heterocycles. The van der Waals surface area contributed by atoms with Gasteiger partial charge in [-0.05, 0) is 18.1 Å². The van der Waals surface area contributed by atoms with Crippen molar-refractivity contribution in [1.82, 2.24) is 24.9 Å². The summed E-state index contributed by atoms with van der Waals surface area (Å²) in [7, 11) is 1.88. The van der Waals surface area contributed by atoms with Gasteiger partial charge in [0.05, 0.1) is 23.7 Å². The average Bonchev–Trinajstić information content (AvgIpc) is 3.11. The lowest BCUT2D eigenvalue weighted by Gasteiger charge is -2.27. The van der Waals surface area contributed by atoms with Crippen LogP contribution in [0.4, 0.5) is 0 Å². The molecule has 0 spiro atoms. The van der Waals surface area contributed by atoms with Crippen molar-refractivity contribution in [3.8, 4) is 0 Å². The minimum absolute atomic E-state index is 0.00388. The highest BCUT2D eigenvalue weighted by molar-refractivity contribution is 5.89. The Hall–Kier alpha value is -3.22. The Balaban J connectivity index is 1.55. The normalized spacial score (nSPS) is 14.5. The number of aryl methyl sites for hydroxylation is 1. The monoisotopic (exact) mass is 349 g/mol. The molecule has 0 bridgehead atoms. The maximum atomic E-state index is 12.8. The molecule has 0 radical (unpaired) electrons. The van der Waals surface area contributed by atoms with Crippen molar-refractivity contribution in [1.29, 1.82) is 0 Å². The van der Waals surface area contributed by atoms with Crippen LogP contribution < -0.4 is 5.56 Å². The van der Waals surface area contributed by atoms with Gasteiger partial charge in [0.25, 0.3) is 5.56 Å². The molecule has 1 aliphatic rings. The number of fused-ring (bicyclic) bond motifs is 1. The van der Waals surface area contributed by atoms with E-state index in [0.717, 1.165) is 22.9 Å². The zero-order valence-electron chi connectivity index (χ0n) is 14.5. The summed E-state index contributed by atoms with van der Waals surface area (Å²) in [5.41, 5.74) is 2.51. The molecule has 0 fully saturated rings. The largest absolute Gasteiger partial charge is 0.338 e. The number of carbonyl (C=O) groups excluding carboxylic acids is 1. The summed E-state index contributed by atoms with van der Waals surface area (Å²) in [6.45, 7) is 1.25. The van der Waals surface area contributed by atoms with Crippen LogP contribution >= 0.6 is 0 Å². The van der Waals surface area contributed by atoms with Crippen molar-refractivity contribution in [3.63, 3.8) is 0 Å². The summed E-state index contributed by atoms with van der Waals surface area (Å²) < 4.78 is 1.76. The summed E-state index contributed by atoms with van der Waals surface area (Å²) in [5, 5.41) is 12.1. The Bertz CT molecular complexity index is 1060. The van der Waals surface area contributed by atoms with Crippen LogP contribution in [0.5, 0.6) is 0 Å². The molecule has 7 nitrogen and oxygen atoms in total. The minimum atomic E-state index is -0.239. The van der Waals surface area contributed by atoms with Crippen LogP contribution in [0.15, 0.2) is 47.5 Å². The van der Waals surface area contributed by atoms with Gasteiger partial charge in [-0.15, -0.1) is 0 Å². The van der Waals surface area contributed by atoms with Crippen LogP contribution in [0.25, 0.3) is 16.3 Å². The van der Waals surface area contributed by atoms with Crippen LogP contribution in [0.2, 0.25) is 0 Å². The number of nitrogens with one attached hydrogen (secondary N) is 1. The molecule has 1 aromatic carbocycles. The summed E-state index contributed by atoms with van der Waals surface area (Å²) in [6, 6.07) is 7.23. The molecule has 0 aliphatic carbocycles. The Morgan fingerprint density at radius 2 is 2.08 bits per heavy atom. The Morgan fingerprint density at radius 1 is 1.27 bits per heavy atom. The third kappa shape index (κ3) is 3.03. The second-order valence-electron chi connectivity index (χ2n) is 6.46. The van der Waals surface area contributed by atoms with Crippen molar-refractivity contribution in [2.45, 2.75) is 12.8 Å². The van der Waals surface area contributed by atoms with Crippen LogP contribution in [0, 0.1) is 0 Å². The highest BCUT2D eigenvalue weighted by Gasteiger charge is 2.21. The Labute approximate surface area is 149 Å². The molecule has 1 aliphatic heterocycles. The van der Waals surface area contributed by atoms with Crippen molar-refractivity contribution in [2.24, 2.45) is 7.05 Å². The van der Waals surface area contributed by atoms with Gasteiger partial charge in [-0.1, -0.05) is 24.3 Å². The van der Waals surface area contributed by atoms with Gasteiger partial charge in [-0.3, -0.25) is 14.3 Å². The van der Waals surface area contributed by atoms with Crippen molar-refractivity contribution < 1.29 is 4.79 Å². The maximum Gasteiger partial charge on any atom is 0.272 e. The van der Waals surface area contributed by atoms with Gasteiger partial charge in [0, 0.05) is 37.3 Å². The number of hydrogen-bond acceptors (Lipinski definition) is 4. The van der Waals surface area contributed by atoms with Crippen molar-refractivity contribution in [2.75, 3.05) is 13.1 Å². The Morgan fingerprint density at radius 3 is 2.85 bits per heavy atom. The number of rotatable bonds is 3. The van der Waals surface area contributed by atoms with Gasteiger partial charge in [0.15, 0.2) is 0 Å². The number of carbonyl (C=O) groups is 1. The summed E-state index contributed by atoms with van der Waals surface area (Å²) in [5.74, 6) is 0.00388. The molecule has 0 unspecified atom stereocenters. The van der Waals surface area contributed by atoms with Gasteiger partial charge in [-0.25, -0.2) is 5.10 Å². The first-order valence-electron chi connectivity index (χ1n) is 8.54. The molecule has 0 saturated carbocycles. The van der Waals surface area contributed by atoms with Gasteiger partial charge in [0.2, 0.25) is 5.91 Å². The Kier molecular flexibility index (Phi) is 4.12. The lowest BCUT2D eigenvalue weighted by atomic mass is 10.0. The predicted molar refractivity (Wildman–Crippen MR) is 98.4 cm³/mol. The third-order valence-electron chi connectivity index (χ3n) is 4.67. The molecule has 1 N–H and O–H groups in total. The number of H-pyrrole nitrogens is 1. The van der Waals surface area contributed by atoms with Crippen LogP contribution in [0.3, 0.4) is 0 Å².